The van der Waals surface area contributed by atoms with Crippen molar-refractivity contribution in [2.45, 2.75) is 76.4 Å². The molecule has 1 heterocycles. The molecule has 2 fully saturated rings. The summed E-state index contributed by atoms with van der Waals surface area (Å²) in [6.45, 7) is 1.82. The summed E-state index contributed by atoms with van der Waals surface area (Å²) in [5.41, 5.74) is 5.80. The Kier molecular flexibility index (Phi) is 6.72. The molecular weight excluding hydrogens is 362 g/mol. The molecule has 4 N–H and O–H groups in total. The maximum absolute atomic E-state index is 12.2. The number of ether oxygens (including phenoxy) is 1. The van der Waals surface area contributed by atoms with Crippen LogP contribution in [0.1, 0.15) is 80.5 Å². The van der Waals surface area contributed by atoms with Crippen LogP contribution in [0.3, 0.4) is 0 Å². The Balaban J connectivity index is 1.90. The van der Waals surface area contributed by atoms with Crippen LogP contribution in [0.4, 0.5) is 4.79 Å². The average molecular weight is 393 g/mol. The van der Waals surface area contributed by atoms with Gasteiger partial charge in [0.1, 0.15) is 0 Å². The molecule has 0 spiro atoms. The standard InChI is InChI=1S/C20H31N3O5/c1-2-28-20(27)23-11-15(22-19(23)18(21)26)14(10-12-6-4-3-5-7-12)17(25)16(24)13-8-9-13/h11-14,16-17,24-25H,2-10H2,1H3,(H2,21,26)/t14-,16-,17+/m0/s1. The summed E-state index contributed by atoms with van der Waals surface area (Å²) in [6.07, 6.45) is 6.99. The minimum absolute atomic E-state index is 0.103. The zero-order valence-electron chi connectivity index (χ0n) is 16.4. The van der Waals surface area contributed by atoms with E-state index in [0.29, 0.717) is 18.0 Å². The number of imidazole rings is 1. The molecule has 0 radical (unpaired) electrons. The van der Waals surface area contributed by atoms with E-state index >= 15 is 0 Å². The molecule has 0 unspecified atom stereocenters. The lowest BCUT2D eigenvalue weighted by Gasteiger charge is -2.30. The lowest BCUT2D eigenvalue weighted by atomic mass is 9.78. The van der Waals surface area contributed by atoms with Crippen LogP contribution in [0.15, 0.2) is 6.20 Å². The van der Waals surface area contributed by atoms with Crippen molar-refractivity contribution in [3.63, 3.8) is 0 Å². The van der Waals surface area contributed by atoms with Crippen molar-refractivity contribution in [1.82, 2.24) is 9.55 Å². The van der Waals surface area contributed by atoms with Crippen molar-refractivity contribution in [3.05, 3.63) is 17.7 Å². The van der Waals surface area contributed by atoms with Gasteiger partial charge in [0.2, 0.25) is 5.82 Å². The predicted molar refractivity (Wildman–Crippen MR) is 102 cm³/mol. The summed E-state index contributed by atoms with van der Waals surface area (Å²) in [7, 11) is 0. The molecule has 0 aromatic carbocycles. The number of hydrogen-bond acceptors (Lipinski definition) is 6. The Bertz CT molecular complexity index is 694. The molecule has 0 saturated heterocycles. The summed E-state index contributed by atoms with van der Waals surface area (Å²) >= 11 is 0. The number of rotatable bonds is 8. The van der Waals surface area contributed by atoms with Gasteiger partial charge >= 0.3 is 6.09 Å². The smallest absolute Gasteiger partial charge is 0.419 e. The molecule has 8 heteroatoms. The van der Waals surface area contributed by atoms with Crippen LogP contribution in [-0.2, 0) is 4.74 Å². The van der Waals surface area contributed by atoms with Gasteiger partial charge in [-0.05, 0) is 38.0 Å². The van der Waals surface area contributed by atoms with Crippen molar-refractivity contribution in [2.75, 3.05) is 6.61 Å². The highest BCUT2D eigenvalue weighted by molar-refractivity contribution is 5.93. The first-order chi connectivity index (χ1) is 13.4. The van der Waals surface area contributed by atoms with Crippen molar-refractivity contribution in [2.24, 2.45) is 17.6 Å². The van der Waals surface area contributed by atoms with Gasteiger partial charge in [-0.3, -0.25) is 4.79 Å². The fraction of sp³-hybridized carbons (Fsp3) is 0.750. The molecule has 0 bridgehead atoms. The molecule has 2 aliphatic rings. The lowest BCUT2D eigenvalue weighted by molar-refractivity contribution is -0.0159. The van der Waals surface area contributed by atoms with E-state index in [1.54, 1.807) is 6.92 Å². The average Bonchev–Trinajstić information content (AvgIpc) is 3.44. The van der Waals surface area contributed by atoms with Crippen LogP contribution in [0.25, 0.3) is 0 Å². The van der Waals surface area contributed by atoms with Gasteiger partial charge in [-0.2, -0.15) is 0 Å². The Labute approximate surface area is 165 Å². The number of aromatic nitrogens is 2. The molecule has 1 aromatic rings. The second kappa shape index (κ2) is 9.05. The Morgan fingerprint density at radius 3 is 2.50 bits per heavy atom. The van der Waals surface area contributed by atoms with Gasteiger partial charge in [-0.15, -0.1) is 0 Å². The molecule has 28 heavy (non-hydrogen) atoms. The minimum Gasteiger partial charge on any atom is -0.449 e. The molecule has 8 nitrogen and oxygen atoms in total. The third-order valence-corrected chi connectivity index (χ3v) is 5.97. The van der Waals surface area contributed by atoms with Crippen LogP contribution in [0, 0.1) is 11.8 Å². The second-order valence-electron chi connectivity index (χ2n) is 8.09. The molecule has 1 amide bonds. The molecule has 2 aliphatic carbocycles. The van der Waals surface area contributed by atoms with Crippen LogP contribution >= 0.6 is 0 Å². The highest BCUT2D eigenvalue weighted by atomic mass is 16.5. The molecule has 1 aromatic heterocycles. The number of nitrogens with zero attached hydrogens (tertiary/aromatic N) is 2. The van der Waals surface area contributed by atoms with E-state index in [4.69, 9.17) is 10.5 Å². The van der Waals surface area contributed by atoms with E-state index in [2.05, 4.69) is 4.98 Å². The maximum Gasteiger partial charge on any atom is 0.419 e. The zero-order chi connectivity index (χ0) is 20.3. The Morgan fingerprint density at radius 2 is 1.93 bits per heavy atom. The SMILES string of the molecule is CCOC(=O)n1cc([C@H](CC2CCCCC2)[C@@H](O)[C@@H](O)C2CC2)nc1C(N)=O. The van der Waals surface area contributed by atoms with Gasteiger partial charge < -0.3 is 20.7 Å². The fourth-order valence-corrected chi connectivity index (χ4v) is 4.25. The van der Waals surface area contributed by atoms with Crippen molar-refractivity contribution < 1.29 is 24.5 Å². The molecule has 3 rings (SSSR count). The number of amides is 1. The van der Waals surface area contributed by atoms with Gasteiger partial charge in [-0.1, -0.05) is 32.1 Å². The first-order valence-electron chi connectivity index (χ1n) is 10.3. The number of carbonyl (C=O) groups is 2. The molecule has 3 atom stereocenters. The van der Waals surface area contributed by atoms with E-state index in [0.717, 1.165) is 43.1 Å². The second-order valence-corrected chi connectivity index (χ2v) is 8.09. The first-order valence-corrected chi connectivity index (χ1v) is 10.3. The van der Waals surface area contributed by atoms with E-state index in [1.165, 1.54) is 12.6 Å². The molecule has 156 valence electrons. The van der Waals surface area contributed by atoms with E-state index in [-0.39, 0.29) is 18.3 Å². The Morgan fingerprint density at radius 1 is 1.25 bits per heavy atom. The van der Waals surface area contributed by atoms with E-state index < -0.39 is 30.1 Å². The van der Waals surface area contributed by atoms with Gasteiger partial charge in [0.25, 0.3) is 5.91 Å². The van der Waals surface area contributed by atoms with Gasteiger partial charge in [0.05, 0.1) is 24.5 Å². The van der Waals surface area contributed by atoms with Crippen molar-refractivity contribution in [3.8, 4) is 0 Å². The van der Waals surface area contributed by atoms with Crippen LogP contribution < -0.4 is 5.73 Å². The molecular formula is C20H31N3O5. The van der Waals surface area contributed by atoms with Gasteiger partial charge in [0.15, 0.2) is 0 Å². The quantitative estimate of drug-likeness (QED) is 0.621. The Hall–Kier alpha value is -1.93. The maximum atomic E-state index is 12.2. The number of primary amides is 1. The summed E-state index contributed by atoms with van der Waals surface area (Å²) in [4.78, 5) is 28.3. The van der Waals surface area contributed by atoms with Crippen LogP contribution in [0.2, 0.25) is 0 Å². The summed E-state index contributed by atoms with van der Waals surface area (Å²) in [6, 6.07) is 0. The predicted octanol–water partition coefficient (Wildman–Crippen LogP) is 2.17. The van der Waals surface area contributed by atoms with E-state index in [1.807, 2.05) is 0 Å². The van der Waals surface area contributed by atoms with Gasteiger partial charge in [0, 0.05) is 12.1 Å². The highest BCUT2D eigenvalue weighted by Gasteiger charge is 2.40. The third kappa shape index (κ3) is 4.72. The normalized spacial score (nSPS) is 21.1. The third-order valence-electron chi connectivity index (χ3n) is 5.97. The number of aliphatic hydroxyl groups excluding tert-OH is 2. The highest BCUT2D eigenvalue weighted by Crippen LogP contribution is 2.40. The molecule has 2 saturated carbocycles. The summed E-state index contributed by atoms with van der Waals surface area (Å²) in [5.74, 6) is -0.994. The topological polar surface area (TPSA) is 128 Å². The van der Waals surface area contributed by atoms with E-state index in [9.17, 15) is 19.8 Å². The zero-order valence-corrected chi connectivity index (χ0v) is 16.4. The first kappa shape index (κ1) is 20.8. The number of nitrogens with two attached hydrogens (primary N) is 1. The van der Waals surface area contributed by atoms with Crippen LogP contribution in [-0.4, -0.2) is 50.6 Å². The monoisotopic (exact) mass is 393 g/mol. The number of hydrogen-bond donors (Lipinski definition) is 3. The van der Waals surface area contributed by atoms with Crippen molar-refractivity contribution >= 4 is 12.0 Å². The fourth-order valence-electron chi connectivity index (χ4n) is 4.25. The lowest BCUT2D eigenvalue weighted by Crippen LogP contribution is -2.35. The van der Waals surface area contributed by atoms with Crippen LogP contribution in [0.5, 0.6) is 0 Å². The minimum atomic E-state index is -0.999. The molecule has 0 aliphatic heterocycles. The largest absolute Gasteiger partial charge is 0.449 e. The summed E-state index contributed by atoms with van der Waals surface area (Å²) < 4.78 is 5.99. The number of aliphatic hydroxyl groups is 2. The van der Waals surface area contributed by atoms with Crippen molar-refractivity contribution in [1.29, 1.82) is 0 Å². The van der Waals surface area contributed by atoms with Gasteiger partial charge in [-0.25, -0.2) is 14.3 Å². The number of carbonyl (C=O) groups excluding carboxylic acids is 2. The summed E-state index contributed by atoms with van der Waals surface area (Å²) in [5, 5.41) is 21.5.